The van der Waals surface area contributed by atoms with E-state index < -0.39 is 0 Å². The van der Waals surface area contributed by atoms with Gasteiger partial charge in [0.15, 0.2) is 0 Å². The summed E-state index contributed by atoms with van der Waals surface area (Å²) in [4.78, 5) is 8.21. The van der Waals surface area contributed by atoms with Crippen LogP contribution >= 0.6 is 11.3 Å². The molecule has 0 bridgehead atoms. The van der Waals surface area contributed by atoms with E-state index in [0.717, 1.165) is 44.5 Å². The molecule has 4 aromatic carbocycles. The van der Waals surface area contributed by atoms with Crippen molar-refractivity contribution in [3.8, 4) is 56.6 Å². The van der Waals surface area contributed by atoms with E-state index in [1.54, 1.807) is 23.7 Å². The van der Waals surface area contributed by atoms with Crippen molar-refractivity contribution in [1.29, 1.82) is 10.5 Å². The van der Waals surface area contributed by atoms with Gasteiger partial charge in [0.2, 0.25) is 0 Å². The van der Waals surface area contributed by atoms with Crippen molar-refractivity contribution < 1.29 is 0 Å². The molecule has 0 saturated heterocycles. The number of hydrogen-bond donors (Lipinski definition) is 0. The number of nitrogens with zero attached hydrogens (tertiary/aromatic N) is 4. The van der Waals surface area contributed by atoms with E-state index in [2.05, 4.69) is 107 Å². The Balaban J connectivity index is 1.29. The molecule has 4 nitrogen and oxygen atoms in total. The molecule has 7 rings (SSSR count). The zero-order valence-electron chi connectivity index (χ0n) is 21.7. The van der Waals surface area contributed by atoms with E-state index in [0.29, 0.717) is 11.4 Å². The second-order valence-electron chi connectivity index (χ2n) is 9.77. The minimum atomic E-state index is 0.410. The fourth-order valence-corrected chi connectivity index (χ4v) is 6.30. The van der Waals surface area contributed by atoms with Gasteiger partial charge in [-0.25, -0.2) is 9.97 Å². The maximum Gasteiger partial charge on any atom is 0.141 e. The summed E-state index contributed by atoms with van der Waals surface area (Å²) in [6.45, 7) is 0. The Hall–Kier alpha value is -5.62. The Kier molecular flexibility index (Phi) is 6.06. The summed E-state index contributed by atoms with van der Waals surface area (Å²) in [6, 6.07) is 41.9. The van der Waals surface area contributed by atoms with Crippen LogP contribution in [0.25, 0.3) is 64.7 Å². The highest BCUT2D eigenvalue weighted by atomic mass is 32.1. The number of aromatic nitrogens is 2. The van der Waals surface area contributed by atoms with Crippen LogP contribution in [0.4, 0.5) is 0 Å². The van der Waals surface area contributed by atoms with Crippen LogP contribution in [0, 0.1) is 22.7 Å². The minimum absolute atomic E-state index is 0.410. The third-order valence-electron chi connectivity index (χ3n) is 7.28. The molecule has 0 saturated carbocycles. The van der Waals surface area contributed by atoms with Gasteiger partial charge in [-0.15, -0.1) is 11.3 Å². The lowest BCUT2D eigenvalue weighted by molar-refractivity contribution is 1.26. The van der Waals surface area contributed by atoms with Crippen molar-refractivity contribution >= 4 is 31.5 Å². The Morgan fingerprint density at radius 3 is 1.24 bits per heavy atom. The molecule has 41 heavy (non-hydrogen) atoms. The number of nitriles is 2. The van der Waals surface area contributed by atoms with Crippen molar-refractivity contribution in [3.63, 3.8) is 0 Å². The molecule has 3 aromatic heterocycles. The van der Waals surface area contributed by atoms with Gasteiger partial charge in [0.1, 0.15) is 23.5 Å². The Bertz CT molecular complexity index is 2040. The first-order valence-corrected chi connectivity index (χ1v) is 13.9. The number of benzene rings is 4. The van der Waals surface area contributed by atoms with E-state index in [1.165, 1.54) is 20.2 Å². The molecule has 0 unspecified atom stereocenters. The van der Waals surface area contributed by atoms with Gasteiger partial charge in [-0.1, -0.05) is 48.5 Å². The molecule has 7 aromatic rings. The second kappa shape index (κ2) is 10.2. The predicted molar refractivity (Wildman–Crippen MR) is 166 cm³/mol. The van der Waals surface area contributed by atoms with Crippen LogP contribution in [-0.2, 0) is 0 Å². The molecule has 0 atom stereocenters. The van der Waals surface area contributed by atoms with E-state index in [9.17, 15) is 10.5 Å². The van der Waals surface area contributed by atoms with E-state index in [-0.39, 0.29) is 0 Å². The lowest BCUT2D eigenvalue weighted by atomic mass is 9.96. The van der Waals surface area contributed by atoms with Crippen molar-refractivity contribution in [2.45, 2.75) is 0 Å². The van der Waals surface area contributed by atoms with E-state index >= 15 is 0 Å². The van der Waals surface area contributed by atoms with Crippen LogP contribution in [0.3, 0.4) is 0 Å². The van der Waals surface area contributed by atoms with Gasteiger partial charge in [-0.3, -0.25) is 0 Å². The summed E-state index contributed by atoms with van der Waals surface area (Å²) in [6.07, 6.45) is 3.36. The minimum Gasteiger partial charge on any atom is -0.246 e. The predicted octanol–water partition coefficient (Wildman–Crippen LogP) is 9.26. The van der Waals surface area contributed by atoms with E-state index in [1.807, 2.05) is 24.3 Å². The average molecular weight is 541 g/mol. The molecule has 3 heterocycles. The monoisotopic (exact) mass is 540 g/mol. The standard InChI is InChI=1S/C36H20N4S/c37-21-31-17-29(11-13-39-31)25-5-1-3-23(15-25)27-7-9-35-33(19-27)34-20-28(8-10-36(34)41-35)24-4-2-6-26(16-24)30-12-14-40-32(18-30)22-38/h1-20H. The molecule has 0 N–H and O–H groups in total. The highest BCUT2D eigenvalue weighted by Gasteiger charge is 2.11. The quantitative estimate of drug-likeness (QED) is 0.223. The summed E-state index contributed by atoms with van der Waals surface area (Å²) in [5.41, 5.74) is 9.41. The van der Waals surface area contributed by atoms with Gasteiger partial charge in [0, 0.05) is 32.6 Å². The molecule has 0 amide bonds. The lowest BCUT2D eigenvalue weighted by Crippen LogP contribution is -1.85. The van der Waals surface area contributed by atoms with Crippen LogP contribution < -0.4 is 0 Å². The Morgan fingerprint density at radius 1 is 0.439 bits per heavy atom. The van der Waals surface area contributed by atoms with Gasteiger partial charge in [-0.05, 0) is 105 Å². The highest BCUT2D eigenvalue weighted by molar-refractivity contribution is 7.25. The smallest absolute Gasteiger partial charge is 0.141 e. The second-order valence-corrected chi connectivity index (χ2v) is 10.9. The lowest BCUT2D eigenvalue weighted by Gasteiger charge is -2.08. The fraction of sp³-hybridized carbons (Fsp3) is 0. The molecule has 0 aliphatic heterocycles. The third kappa shape index (κ3) is 4.61. The zero-order chi connectivity index (χ0) is 27.8. The Labute approximate surface area is 241 Å². The topological polar surface area (TPSA) is 73.4 Å². The highest BCUT2D eigenvalue weighted by Crippen LogP contribution is 2.39. The number of pyridine rings is 2. The summed E-state index contributed by atoms with van der Waals surface area (Å²) in [7, 11) is 0. The third-order valence-corrected chi connectivity index (χ3v) is 8.43. The van der Waals surface area contributed by atoms with Crippen LogP contribution in [0.15, 0.2) is 122 Å². The van der Waals surface area contributed by atoms with Crippen molar-refractivity contribution in [2.24, 2.45) is 0 Å². The summed E-state index contributed by atoms with van der Waals surface area (Å²) < 4.78 is 2.50. The van der Waals surface area contributed by atoms with Crippen molar-refractivity contribution in [1.82, 2.24) is 9.97 Å². The number of hydrogen-bond acceptors (Lipinski definition) is 5. The fourth-order valence-electron chi connectivity index (χ4n) is 5.24. The molecule has 0 aliphatic rings. The number of thiophene rings is 1. The number of rotatable bonds is 4. The normalized spacial score (nSPS) is 10.9. The molecule has 0 aliphatic carbocycles. The van der Waals surface area contributed by atoms with Crippen LogP contribution in [0.5, 0.6) is 0 Å². The van der Waals surface area contributed by atoms with Crippen molar-refractivity contribution in [3.05, 3.63) is 133 Å². The number of fused-ring (bicyclic) bond motifs is 3. The van der Waals surface area contributed by atoms with Crippen LogP contribution in [0.2, 0.25) is 0 Å². The molecule has 0 spiro atoms. The SMILES string of the molecule is N#Cc1cc(-c2cccc(-c3ccc4sc5ccc(-c6cccc(-c7ccnc(C#N)c7)c6)cc5c4c3)c2)ccn1. The molecule has 0 fully saturated rings. The van der Waals surface area contributed by atoms with Gasteiger partial charge in [0.25, 0.3) is 0 Å². The van der Waals surface area contributed by atoms with Gasteiger partial charge in [0.05, 0.1) is 0 Å². The van der Waals surface area contributed by atoms with Crippen molar-refractivity contribution in [2.75, 3.05) is 0 Å². The first kappa shape index (κ1) is 24.4. The summed E-state index contributed by atoms with van der Waals surface area (Å²) >= 11 is 1.80. The van der Waals surface area contributed by atoms with Gasteiger partial charge in [-0.2, -0.15) is 10.5 Å². The maximum atomic E-state index is 9.26. The largest absolute Gasteiger partial charge is 0.246 e. The zero-order valence-corrected chi connectivity index (χ0v) is 22.6. The molecular weight excluding hydrogens is 520 g/mol. The van der Waals surface area contributed by atoms with E-state index in [4.69, 9.17) is 0 Å². The summed E-state index contributed by atoms with van der Waals surface area (Å²) in [5, 5.41) is 21.0. The van der Waals surface area contributed by atoms with Gasteiger partial charge >= 0.3 is 0 Å². The summed E-state index contributed by atoms with van der Waals surface area (Å²) in [5.74, 6) is 0. The van der Waals surface area contributed by atoms with Crippen LogP contribution in [0.1, 0.15) is 11.4 Å². The van der Waals surface area contributed by atoms with Gasteiger partial charge < -0.3 is 0 Å². The molecule has 190 valence electrons. The molecule has 5 heteroatoms. The van der Waals surface area contributed by atoms with Crippen LogP contribution in [-0.4, -0.2) is 9.97 Å². The first-order chi connectivity index (χ1) is 20.2. The average Bonchev–Trinajstić information content (AvgIpc) is 3.42. The molecular formula is C36H20N4S. The maximum absolute atomic E-state index is 9.26. The molecule has 0 radical (unpaired) electrons. The Morgan fingerprint density at radius 2 is 0.829 bits per heavy atom. The first-order valence-electron chi connectivity index (χ1n) is 13.1.